The Hall–Kier alpha value is -2.68. The van der Waals surface area contributed by atoms with Gasteiger partial charge in [0.25, 0.3) is 0 Å². The Morgan fingerprint density at radius 3 is 1.63 bits per heavy atom. The van der Waals surface area contributed by atoms with Gasteiger partial charge in [-0.2, -0.15) is 0 Å². The molecule has 0 aliphatic rings. The molecule has 1 aromatic rings. The molecule has 0 aromatic carbocycles. The summed E-state index contributed by atoms with van der Waals surface area (Å²) in [6.45, 7) is 2.57. The molecule has 0 bridgehead atoms. The zero-order valence-electron chi connectivity index (χ0n) is 26.0. The van der Waals surface area contributed by atoms with E-state index >= 15 is 0 Å². The Bertz CT molecular complexity index is 800. The van der Waals surface area contributed by atoms with Crippen LogP contribution in [0, 0.1) is 0 Å². The van der Waals surface area contributed by atoms with Crippen LogP contribution < -0.4 is 16.4 Å². The molecule has 43 heavy (non-hydrogen) atoms. The molecule has 0 fully saturated rings. The van der Waals surface area contributed by atoms with Gasteiger partial charge in [0.15, 0.2) is 0 Å². The minimum absolute atomic E-state index is 0.0618. The van der Waals surface area contributed by atoms with Crippen LogP contribution in [0.25, 0.3) is 0 Å². The van der Waals surface area contributed by atoms with E-state index in [2.05, 4.69) is 31.3 Å². The van der Waals surface area contributed by atoms with Crippen molar-refractivity contribution in [2.75, 3.05) is 65.9 Å². The summed E-state index contributed by atoms with van der Waals surface area (Å²) in [5.41, 5.74) is 4.94. The molecule has 3 amide bonds. The van der Waals surface area contributed by atoms with Crippen LogP contribution in [0.4, 0.5) is 0 Å². The third kappa shape index (κ3) is 27.9. The fraction of sp³-hybridized carbons (Fsp3) is 0.862. The third-order valence-electron chi connectivity index (χ3n) is 6.57. The number of hydrogen-bond acceptors (Lipinski definition) is 10. The van der Waals surface area contributed by atoms with E-state index in [4.69, 9.17) is 24.7 Å². The molecule has 1 rings (SSSR count). The molecule has 0 aliphatic heterocycles. The lowest BCUT2D eigenvalue weighted by atomic mass is 10.0. The molecule has 248 valence electrons. The van der Waals surface area contributed by atoms with Crippen molar-refractivity contribution in [1.82, 2.24) is 31.3 Å². The van der Waals surface area contributed by atoms with Crippen molar-refractivity contribution in [3.05, 3.63) is 5.82 Å². The molecule has 5 N–H and O–H groups in total. The van der Waals surface area contributed by atoms with Gasteiger partial charge in [-0.3, -0.25) is 14.4 Å². The number of H-pyrrole nitrogens is 1. The van der Waals surface area contributed by atoms with Gasteiger partial charge in [0.05, 0.1) is 39.6 Å². The van der Waals surface area contributed by atoms with Crippen molar-refractivity contribution in [1.29, 1.82) is 0 Å². The number of carbonyl (C=O) groups is 3. The zero-order chi connectivity index (χ0) is 31.1. The van der Waals surface area contributed by atoms with E-state index in [9.17, 15) is 14.4 Å². The number of nitrogens with zero attached hydrogens (tertiary/aromatic N) is 3. The molecule has 1 aromatic heterocycles. The number of aromatic amines is 1. The second-order valence-corrected chi connectivity index (χ2v) is 10.4. The summed E-state index contributed by atoms with van der Waals surface area (Å²) in [7, 11) is 0. The number of rotatable bonds is 32. The van der Waals surface area contributed by atoms with Crippen molar-refractivity contribution >= 4 is 17.7 Å². The zero-order valence-corrected chi connectivity index (χ0v) is 26.0. The fourth-order valence-electron chi connectivity index (χ4n) is 4.25. The molecule has 0 saturated carbocycles. The van der Waals surface area contributed by atoms with Crippen LogP contribution in [0.5, 0.6) is 0 Å². The lowest BCUT2D eigenvalue weighted by molar-refractivity contribution is -0.127. The minimum Gasteiger partial charge on any atom is -0.377 e. The minimum atomic E-state index is -0.526. The SMILES string of the molecule is NC(=O)COCCOCCNC(=O)COCCOCCNC(=O)CCCCCCCCCCCCCCCc1nnn[nH]1. The van der Waals surface area contributed by atoms with Crippen molar-refractivity contribution in [2.24, 2.45) is 5.73 Å². The summed E-state index contributed by atoms with van der Waals surface area (Å²) in [5.74, 6) is 0.179. The number of ether oxygens (including phenoxy) is 4. The van der Waals surface area contributed by atoms with Crippen LogP contribution in [0.3, 0.4) is 0 Å². The maximum atomic E-state index is 11.9. The highest BCUT2D eigenvalue weighted by Crippen LogP contribution is 2.13. The number of unbranched alkanes of at least 4 members (excludes halogenated alkanes) is 12. The monoisotopic (exact) mass is 613 g/mol. The lowest BCUT2D eigenvalue weighted by Gasteiger charge is -2.08. The van der Waals surface area contributed by atoms with Crippen LogP contribution in [0.1, 0.15) is 95.7 Å². The first-order valence-corrected chi connectivity index (χ1v) is 15.9. The highest BCUT2D eigenvalue weighted by Gasteiger charge is 2.03. The van der Waals surface area contributed by atoms with Crippen molar-refractivity contribution in [3.8, 4) is 0 Å². The van der Waals surface area contributed by atoms with Crippen molar-refractivity contribution < 1.29 is 33.3 Å². The van der Waals surface area contributed by atoms with Gasteiger partial charge in [0, 0.05) is 25.9 Å². The lowest BCUT2D eigenvalue weighted by Crippen LogP contribution is -2.31. The molecule has 0 spiro atoms. The number of aromatic nitrogens is 4. The Morgan fingerprint density at radius 2 is 1.09 bits per heavy atom. The number of amides is 3. The highest BCUT2D eigenvalue weighted by atomic mass is 16.5. The summed E-state index contributed by atoms with van der Waals surface area (Å²) in [6.07, 6.45) is 17.5. The van der Waals surface area contributed by atoms with E-state index in [-0.39, 0.29) is 31.6 Å². The van der Waals surface area contributed by atoms with Gasteiger partial charge in [-0.1, -0.05) is 70.6 Å². The second kappa shape index (κ2) is 29.4. The van der Waals surface area contributed by atoms with E-state index in [1.807, 2.05) is 0 Å². The highest BCUT2D eigenvalue weighted by molar-refractivity contribution is 5.77. The summed E-state index contributed by atoms with van der Waals surface area (Å²) in [4.78, 5) is 34.1. The third-order valence-corrected chi connectivity index (χ3v) is 6.57. The van der Waals surface area contributed by atoms with Crippen LogP contribution >= 0.6 is 0 Å². The first-order chi connectivity index (χ1) is 21.1. The quantitative estimate of drug-likeness (QED) is 0.0873. The maximum Gasteiger partial charge on any atom is 0.246 e. The van der Waals surface area contributed by atoms with Gasteiger partial charge in [-0.15, -0.1) is 5.10 Å². The summed E-state index contributed by atoms with van der Waals surface area (Å²) in [5, 5.41) is 19.4. The number of hydrogen-bond donors (Lipinski definition) is 4. The molecule has 0 unspecified atom stereocenters. The average Bonchev–Trinajstić information content (AvgIpc) is 3.51. The number of nitrogens with two attached hydrogens (primary N) is 1. The van der Waals surface area contributed by atoms with Crippen molar-refractivity contribution in [2.45, 2.75) is 96.3 Å². The number of aryl methyl sites for hydroxylation is 1. The Labute approximate surface area is 256 Å². The number of nitrogens with one attached hydrogen (secondary N) is 3. The largest absolute Gasteiger partial charge is 0.377 e. The molecule has 14 nitrogen and oxygen atoms in total. The van der Waals surface area contributed by atoms with E-state index in [1.165, 1.54) is 64.2 Å². The second-order valence-electron chi connectivity index (χ2n) is 10.4. The predicted molar refractivity (Wildman–Crippen MR) is 161 cm³/mol. The predicted octanol–water partition coefficient (Wildman–Crippen LogP) is 1.99. The average molecular weight is 614 g/mol. The number of tetrazole rings is 1. The Balaban J connectivity index is 1.71. The Morgan fingerprint density at radius 1 is 0.605 bits per heavy atom. The normalized spacial score (nSPS) is 11.1. The van der Waals surface area contributed by atoms with Crippen LogP contribution in [-0.2, 0) is 39.8 Å². The molecule has 0 radical (unpaired) electrons. The standard InChI is InChI=1S/C29H55N7O7/c30-26(37)24-42-22-20-41-19-17-32-29(39)25-43-23-21-40-18-16-31-28(38)15-13-11-9-7-5-3-1-2-4-6-8-10-12-14-27-33-35-36-34-27/h1-25H2,(H2,30,37)(H,31,38)(H,32,39)(H,33,34,35,36). The molecule has 0 atom stereocenters. The molecule has 1 heterocycles. The van der Waals surface area contributed by atoms with E-state index in [0.717, 1.165) is 31.5 Å². The van der Waals surface area contributed by atoms with E-state index in [0.29, 0.717) is 52.5 Å². The van der Waals surface area contributed by atoms with Gasteiger partial charge in [-0.05, 0) is 23.3 Å². The topological polar surface area (TPSA) is 193 Å². The van der Waals surface area contributed by atoms with Crippen LogP contribution in [0.2, 0.25) is 0 Å². The summed E-state index contributed by atoms with van der Waals surface area (Å²) >= 11 is 0. The van der Waals surface area contributed by atoms with Gasteiger partial charge < -0.3 is 35.3 Å². The van der Waals surface area contributed by atoms with Gasteiger partial charge in [0.2, 0.25) is 17.7 Å². The van der Waals surface area contributed by atoms with Gasteiger partial charge in [-0.25, -0.2) is 5.10 Å². The number of carbonyl (C=O) groups excluding carboxylic acids is 3. The molecule has 0 aliphatic carbocycles. The van der Waals surface area contributed by atoms with Crippen molar-refractivity contribution in [3.63, 3.8) is 0 Å². The smallest absolute Gasteiger partial charge is 0.246 e. The first-order valence-electron chi connectivity index (χ1n) is 15.9. The first kappa shape index (κ1) is 38.3. The molecule has 14 heteroatoms. The summed E-state index contributed by atoms with van der Waals surface area (Å²) < 4.78 is 20.9. The molecule has 0 saturated heterocycles. The molecular formula is C29H55N7O7. The maximum absolute atomic E-state index is 11.9. The van der Waals surface area contributed by atoms with E-state index < -0.39 is 5.91 Å². The van der Waals surface area contributed by atoms with Gasteiger partial charge in [0.1, 0.15) is 19.0 Å². The van der Waals surface area contributed by atoms with E-state index in [1.54, 1.807) is 0 Å². The molecular weight excluding hydrogens is 558 g/mol. The van der Waals surface area contributed by atoms with Crippen LogP contribution in [0.15, 0.2) is 0 Å². The van der Waals surface area contributed by atoms with Crippen LogP contribution in [-0.4, -0.2) is 104 Å². The summed E-state index contributed by atoms with van der Waals surface area (Å²) in [6, 6.07) is 0. The number of primary amides is 1. The Kier molecular flexibility index (Phi) is 26.2. The van der Waals surface area contributed by atoms with Gasteiger partial charge >= 0.3 is 0 Å². The fourth-order valence-corrected chi connectivity index (χ4v) is 4.25.